The molecule has 169 valence electrons. The van der Waals surface area contributed by atoms with E-state index in [2.05, 4.69) is 41.6 Å². The molecule has 0 spiro atoms. The first kappa shape index (κ1) is 27.3. The fraction of sp³-hybridized carbons (Fsp3) is 0.957. The predicted molar refractivity (Wildman–Crippen MR) is 124 cm³/mol. The summed E-state index contributed by atoms with van der Waals surface area (Å²) in [5, 5.41) is 11.5. The molecule has 4 fully saturated rings. The van der Waals surface area contributed by atoms with Gasteiger partial charge in [-0.3, -0.25) is 4.79 Å². The fourth-order valence-electron chi connectivity index (χ4n) is 8.01. The van der Waals surface area contributed by atoms with Crippen LogP contribution in [0, 0.1) is 40.9 Å². The van der Waals surface area contributed by atoms with Crippen LogP contribution in [0.4, 0.5) is 0 Å². The van der Waals surface area contributed by atoms with Crippen molar-refractivity contribution in [3.63, 3.8) is 0 Å². The summed E-state index contributed by atoms with van der Waals surface area (Å²) in [6, 6.07) is 0. The Balaban J connectivity index is 0.00000104. The summed E-state index contributed by atoms with van der Waals surface area (Å²) >= 11 is 7.01. The van der Waals surface area contributed by atoms with Gasteiger partial charge in [-0.1, -0.05) is 22.9 Å². The summed E-state index contributed by atoms with van der Waals surface area (Å²) in [5.41, 5.74) is -0.350. The molecule has 1 N–H and O–H groups in total. The van der Waals surface area contributed by atoms with E-state index >= 15 is 0 Å². The maximum Gasteiger partial charge on any atom is 0 e. The largest absolute Gasteiger partial charge is 0 e. The van der Waals surface area contributed by atoms with Gasteiger partial charge in [0.05, 0.1) is 17.5 Å². The van der Waals surface area contributed by atoms with Gasteiger partial charge in [0.25, 0.3) is 0 Å². The third kappa shape index (κ3) is 5.08. The summed E-state index contributed by atoms with van der Waals surface area (Å²) in [6.45, 7) is 9.72. The number of hydrogen-bond acceptors (Lipinski definition) is 4. The van der Waals surface area contributed by atoms with Crippen LogP contribution in [0.3, 0.4) is 0 Å². The topological polar surface area (TPSA) is 46.5 Å². The average molecular weight is 668 g/mol. The van der Waals surface area contributed by atoms with Crippen molar-refractivity contribution in [3.8, 4) is 0 Å². The minimum atomic E-state index is -0.589. The van der Waals surface area contributed by atoms with E-state index in [1.807, 2.05) is 6.92 Å². The van der Waals surface area contributed by atoms with Crippen molar-refractivity contribution in [2.24, 2.45) is 40.9 Å². The maximum absolute atomic E-state index is 12.5. The molecule has 0 amide bonds. The Labute approximate surface area is 211 Å². The molecule has 0 unspecified atom stereocenters. The Bertz CT molecular complexity index is 599. The van der Waals surface area contributed by atoms with Crippen LogP contribution < -0.4 is 0 Å². The molecule has 7 heteroatoms. The molecule has 0 bridgehead atoms. The van der Waals surface area contributed by atoms with Gasteiger partial charge in [-0.2, -0.15) is 0 Å². The summed E-state index contributed by atoms with van der Waals surface area (Å²) < 4.78 is 5.59. The minimum absolute atomic E-state index is 0. The zero-order chi connectivity index (χ0) is 21.2. The van der Waals surface area contributed by atoms with Crippen LogP contribution in [0.5, 0.6) is 0 Å². The molecule has 0 aromatic carbocycles. The molecule has 3 nitrogen and oxygen atoms in total. The number of halogens is 1. The number of hydrogen-bond donors (Lipinski definition) is 1. The summed E-state index contributed by atoms with van der Waals surface area (Å²) in [7, 11) is 0. The van der Waals surface area contributed by atoms with Gasteiger partial charge in [0.2, 0.25) is 0 Å². The molecular formula is C23H37BBrO3SW. The second-order valence-corrected chi connectivity index (χ2v) is 10.9. The Hall–Kier alpha value is 1.04. The van der Waals surface area contributed by atoms with Gasteiger partial charge in [0, 0.05) is 33.6 Å². The van der Waals surface area contributed by atoms with Gasteiger partial charge in [0.1, 0.15) is 5.78 Å². The van der Waals surface area contributed by atoms with Crippen molar-refractivity contribution in [1.29, 1.82) is 0 Å². The summed E-state index contributed by atoms with van der Waals surface area (Å²) in [4.78, 5) is 12.5. The predicted octanol–water partition coefficient (Wildman–Crippen LogP) is 5.25. The van der Waals surface area contributed by atoms with Crippen molar-refractivity contribution in [2.45, 2.75) is 77.2 Å². The first-order chi connectivity index (χ1) is 13.9. The number of Topliss-reactive ketones (excluding diaryl/α,β-unsaturated/α-hetero) is 1. The molecule has 0 aromatic heterocycles. The molecule has 0 saturated heterocycles. The number of ketones is 1. The second-order valence-electron chi connectivity index (χ2n) is 10.3. The average Bonchev–Trinajstić information content (AvgIpc) is 3.10. The smallest absolute Gasteiger partial charge is 0 e. The van der Waals surface area contributed by atoms with Crippen molar-refractivity contribution < 1.29 is 35.7 Å². The standard InChI is InChI=1S/C23H37BrO3.BS.W/c1-3-27-14-23(26)11-9-16-15(12-23)4-5-18-17(16)8-10-22(2)19(18)6-7-20(22)21(25)13-24;1-2;/h15-20,26H,3-14H2,1-2H3;;/t15-,16-,17+,18+,19-,20+,22-,23+;;/m0../s1. The molecule has 4 rings (SSSR count). The van der Waals surface area contributed by atoms with Gasteiger partial charge in [-0.15, -0.1) is 0 Å². The number of rotatable bonds is 5. The molecule has 1 radical (unpaired) electrons. The Kier molecular flexibility index (Phi) is 10.4. The van der Waals surface area contributed by atoms with Crippen LogP contribution in [0.15, 0.2) is 0 Å². The quantitative estimate of drug-likeness (QED) is 0.322. The van der Waals surface area contributed by atoms with Crippen molar-refractivity contribution in [1.82, 2.24) is 0 Å². The molecule has 4 aliphatic rings. The van der Waals surface area contributed by atoms with E-state index in [0.717, 1.165) is 42.9 Å². The minimum Gasteiger partial charge on any atom is 0 e. The number of ether oxygens (including phenoxy) is 1. The second kappa shape index (κ2) is 11.5. The van der Waals surface area contributed by atoms with E-state index < -0.39 is 5.60 Å². The maximum atomic E-state index is 12.5. The van der Waals surface area contributed by atoms with E-state index in [1.54, 1.807) is 0 Å². The number of alkyl halides is 1. The summed E-state index contributed by atoms with van der Waals surface area (Å²) in [5.74, 6) is 4.58. The molecule has 8 atom stereocenters. The molecule has 4 aliphatic carbocycles. The SMILES string of the molecule is CCOC[C@@]1(O)CC[C@H]2[C@@H](CC[C@@H]3[C@@H]2CC[C@]2(C)[C@@H](C(=O)CBr)CC[C@@H]32)C1.[B]=S.[W]. The molecule has 4 saturated carbocycles. The van der Waals surface area contributed by atoms with Gasteiger partial charge in [0.15, 0.2) is 0 Å². The number of fused-ring (bicyclic) bond motifs is 5. The van der Waals surface area contributed by atoms with Crippen molar-refractivity contribution >= 4 is 40.5 Å². The Morgan fingerprint density at radius 2 is 1.80 bits per heavy atom. The van der Waals surface area contributed by atoms with Gasteiger partial charge in [-0.05, 0) is 99.7 Å². The van der Waals surface area contributed by atoms with E-state index in [4.69, 9.17) is 4.74 Å². The molecule has 0 heterocycles. The van der Waals surface area contributed by atoms with E-state index in [-0.39, 0.29) is 32.4 Å². The Morgan fingerprint density at radius 1 is 1.10 bits per heavy atom. The first-order valence-electron chi connectivity index (χ1n) is 11.5. The molecule has 0 aliphatic heterocycles. The number of aliphatic hydroxyl groups is 1. The van der Waals surface area contributed by atoms with Gasteiger partial charge < -0.3 is 9.84 Å². The van der Waals surface area contributed by atoms with E-state index in [1.165, 1.54) is 38.5 Å². The monoisotopic (exact) mass is 667 g/mol. The van der Waals surface area contributed by atoms with Crippen molar-refractivity contribution in [3.05, 3.63) is 0 Å². The normalized spacial score (nSPS) is 44.4. The van der Waals surface area contributed by atoms with Crippen LogP contribution in [0.25, 0.3) is 0 Å². The molecule has 0 aromatic rings. The van der Waals surface area contributed by atoms with Gasteiger partial charge in [-0.25, -0.2) is 0 Å². The van der Waals surface area contributed by atoms with Crippen LogP contribution >= 0.6 is 28.0 Å². The zero-order valence-electron chi connectivity index (χ0n) is 18.5. The van der Waals surface area contributed by atoms with E-state index in [9.17, 15) is 9.90 Å². The number of carbonyl (C=O) groups is 1. The third-order valence-electron chi connectivity index (χ3n) is 9.20. The summed E-state index contributed by atoms with van der Waals surface area (Å²) in [6.07, 6.45) is 10.5. The zero-order valence-corrected chi connectivity index (χ0v) is 23.8. The van der Waals surface area contributed by atoms with Crippen LogP contribution in [-0.4, -0.2) is 41.8 Å². The van der Waals surface area contributed by atoms with Crippen molar-refractivity contribution in [2.75, 3.05) is 18.5 Å². The Morgan fingerprint density at radius 3 is 2.47 bits per heavy atom. The van der Waals surface area contributed by atoms with Crippen LogP contribution in [0.1, 0.15) is 71.6 Å². The number of carbonyl (C=O) groups excluding carboxylic acids is 1. The first-order valence-corrected chi connectivity index (χ1v) is 13.1. The molecule has 30 heavy (non-hydrogen) atoms. The van der Waals surface area contributed by atoms with Gasteiger partial charge >= 0.3 is 18.8 Å². The van der Waals surface area contributed by atoms with E-state index in [0.29, 0.717) is 30.2 Å². The fourth-order valence-corrected chi connectivity index (χ4v) is 8.40. The molecular weight excluding hydrogens is 631 g/mol. The van der Waals surface area contributed by atoms with Crippen LogP contribution in [0.2, 0.25) is 0 Å². The van der Waals surface area contributed by atoms with Crippen LogP contribution in [-0.2, 0) is 30.6 Å². The third-order valence-corrected chi connectivity index (χ3v) is 9.75.